The van der Waals surface area contributed by atoms with Crippen LogP contribution in [0.5, 0.6) is 0 Å². The van der Waals surface area contributed by atoms with Crippen molar-refractivity contribution in [3.8, 4) is 0 Å². The van der Waals surface area contributed by atoms with Crippen molar-refractivity contribution in [2.45, 2.75) is 51.6 Å². The molecule has 0 bridgehead atoms. The topological polar surface area (TPSA) is 23.5 Å². The van der Waals surface area contributed by atoms with Crippen molar-refractivity contribution < 1.29 is 5.11 Å². The van der Waals surface area contributed by atoms with Crippen LogP contribution in [0, 0.1) is 0 Å². The fourth-order valence-corrected chi connectivity index (χ4v) is 2.81. The largest absolute Gasteiger partial charge is 0.393 e. The number of rotatable bonds is 6. The third-order valence-electron chi connectivity index (χ3n) is 4.06. The highest BCUT2D eigenvalue weighted by Gasteiger charge is 2.15. The number of aliphatic hydroxyl groups excluding tert-OH is 1. The lowest BCUT2D eigenvalue weighted by atomic mass is 10.0. The van der Waals surface area contributed by atoms with Crippen molar-refractivity contribution in [1.29, 1.82) is 0 Å². The summed E-state index contributed by atoms with van der Waals surface area (Å²) in [7, 11) is 0. The Bertz CT molecular complexity index is 352. The van der Waals surface area contributed by atoms with Gasteiger partial charge in [-0.3, -0.25) is 0 Å². The quantitative estimate of drug-likeness (QED) is 0.851. The van der Waals surface area contributed by atoms with Crippen LogP contribution < -0.4 is 0 Å². The van der Waals surface area contributed by atoms with Gasteiger partial charge in [-0.25, -0.2) is 0 Å². The Labute approximate surface area is 117 Å². The average molecular weight is 261 g/mol. The van der Waals surface area contributed by atoms with Crippen LogP contribution in [-0.2, 0) is 12.8 Å². The van der Waals surface area contributed by atoms with Gasteiger partial charge < -0.3 is 10.0 Å². The summed E-state index contributed by atoms with van der Waals surface area (Å²) in [5.74, 6) is 0. The summed E-state index contributed by atoms with van der Waals surface area (Å²) < 4.78 is 0. The predicted molar refractivity (Wildman–Crippen MR) is 80.4 cm³/mol. The third-order valence-corrected chi connectivity index (χ3v) is 4.06. The maximum atomic E-state index is 9.47. The summed E-state index contributed by atoms with van der Waals surface area (Å²) in [5.41, 5.74) is 2.91. The van der Waals surface area contributed by atoms with Crippen LogP contribution in [0.3, 0.4) is 0 Å². The number of nitrogens with zero attached hydrogens (tertiary/aromatic N) is 1. The molecule has 0 saturated carbocycles. The second kappa shape index (κ2) is 7.66. The maximum Gasteiger partial charge on any atom is 0.0564 e. The van der Waals surface area contributed by atoms with Crippen LogP contribution in [0.15, 0.2) is 24.3 Å². The molecule has 19 heavy (non-hydrogen) atoms. The number of aliphatic hydroxyl groups is 1. The van der Waals surface area contributed by atoms with Gasteiger partial charge in [-0.2, -0.15) is 0 Å². The minimum Gasteiger partial charge on any atom is -0.393 e. The van der Waals surface area contributed by atoms with Crippen molar-refractivity contribution in [3.63, 3.8) is 0 Å². The van der Waals surface area contributed by atoms with Gasteiger partial charge in [0.05, 0.1) is 6.10 Å². The first-order valence-corrected chi connectivity index (χ1v) is 7.76. The Hall–Kier alpha value is -0.860. The molecule has 2 nitrogen and oxygen atoms in total. The maximum absolute atomic E-state index is 9.47. The van der Waals surface area contributed by atoms with Crippen LogP contribution in [-0.4, -0.2) is 35.7 Å². The van der Waals surface area contributed by atoms with Gasteiger partial charge >= 0.3 is 0 Å². The summed E-state index contributed by atoms with van der Waals surface area (Å²) in [5, 5.41) is 9.47. The third kappa shape index (κ3) is 4.96. The lowest BCUT2D eigenvalue weighted by molar-refractivity contribution is 0.0821. The Kier molecular flexibility index (Phi) is 5.87. The lowest BCUT2D eigenvalue weighted by Gasteiger charge is -2.29. The van der Waals surface area contributed by atoms with E-state index in [9.17, 15) is 5.11 Å². The molecule has 1 saturated heterocycles. The summed E-state index contributed by atoms with van der Waals surface area (Å²) in [6.45, 7) is 5.53. The fourth-order valence-electron chi connectivity index (χ4n) is 2.81. The SMILES string of the molecule is CCCc1ccc(CCCN2CCC(O)CC2)cc1. The highest BCUT2D eigenvalue weighted by atomic mass is 16.3. The molecule has 1 aromatic carbocycles. The van der Waals surface area contributed by atoms with Crippen LogP contribution in [0.1, 0.15) is 43.7 Å². The van der Waals surface area contributed by atoms with Gasteiger partial charge in [0.25, 0.3) is 0 Å². The van der Waals surface area contributed by atoms with Crippen LogP contribution in [0.4, 0.5) is 0 Å². The zero-order chi connectivity index (χ0) is 13.5. The van der Waals surface area contributed by atoms with Gasteiger partial charge in [0.15, 0.2) is 0 Å². The van der Waals surface area contributed by atoms with Crippen molar-refractivity contribution in [2.75, 3.05) is 19.6 Å². The Morgan fingerprint density at radius 2 is 1.63 bits per heavy atom. The van der Waals surface area contributed by atoms with E-state index >= 15 is 0 Å². The van der Waals surface area contributed by atoms with Gasteiger partial charge in [-0.1, -0.05) is 37.6 Å². The predicted octanol–water partition coefficient (Wildman–Crippen LogP) is 3.03. The monoisotopic (exact) mass is 261 g/mol. The standard InChI is InChI=1S/C17H27NO/c1-2-4-15-6-8-16(9-7-15)5-3-12-18-13-10-17(19)11-14-18/h6-9,17,19H,2-5,10-14H2,1H3. The number of aryl methyl sites for hydroxylation is 2. The Morgan fingerprint density at radius 3 is 2.21 bits per heavy atom. The number of benzene rings is 1. The number of hydrogen-bond acceptors (Lipinski definition) is 2. The molecule has 0 spiro atoms. The molecule has 0 amide bonds. The van der Waals surface area contributed by atoms with Gasteiger partial charge in [0, 0.05) is 13.1 Å². The Morgan fingerprint density at radius 1 is 1.05 bits per heavy atom. The molecule has 2 rings (SSSR count). The van der Waals surface area contributed by atoms with Gasteiger partial charge in [-0.05, 0) is 49.8 Å². The molecule has 106 valence electrons. The van der Waals surface area contributed by atoms with Crippen molar-refractivity contribution in [1.82, 2.24) is 4.90 Å². The molecule has 0 unspecified atom stereocenters. The molecular weight excluding hydrogens is 234 g/mol. The molecule has 0 aromatic heterocycles. The summed E-state index contributed by atoms with van der Waals surface area (Å²) >= 11 is 0. The van der Waals surface area contributed by atoms with E-state index < -0.39 is 0 Å². The van der Waals surface area contributed by atoms with Crippen molar-refractivity contribution in [2.24, 2.45) is 0 Å². The average Bonchev–Trinajstić information content (AvgIpc) is 2.43. The van der Waals surface area contributed by atoms with Gasteiger partial charge in [-0.15, -0.1) is 0 Å². The normalized spacial score (nSPS) is 17.8. The second-order valence-electron chi connectivity index (χ2n) is 5.74. The number of piperidine rings is 1. The van der Waals surface area contributed by atoms with E-state index in [4.69, 9.17) is 0 Å². The van der Waals surface area contributed by atoms with E-state index in [1.165, 1.54) is 43.4 Å². The molecule has 1 aliphatic heterocycles. The van der Waals surface area contributed by atoms with E-state index in [0.717, 1.165) is 25.9 Å². The van der Waals surface area contributed by atoms with Gasteiger partial charge in [0.2, 0.25) is 0 Å². The number of likely N-dealkylation sites (tertiary alicyclic amines) is 1. The van der Waals surface area contributed by atoms with Crippen LogP contribution in [0.25, 0.3) is 0 Å². The molecule has 1 heterocycles. The van der Waals surface area contributed by atoms with Crippen molar-refractivity contribution in [3.05, 3.63) is 35.4 Å². The zero-order valence-corrected chi connectivity index (χ0v) is 12.1. The minimum absolute atomic E-state index is 0.0534. The summed E-state index contributed by atoms with van der Waals surface area (Å²) in [4.78, 5) is 2.48. The highest BCUT2D eigenvalue weighted by Crippen LogP contribution is 2.12. The van der Waals surface area contributed by atoms with E-state index in [0.29, 0.717) is 0 Å². The first-order chi connectivity index (χ1) is 9.28. The van der Waals surface area contributed by atoms with Crippen molar-refractivity contribution >= 4 is 0 Å². The Balaban J connectivity index is 1.67. The molecule has 2 heteroatoms. The second-order valence-corrected chi connectivity index (χ2v) is 5.74. The van der Waals surface area contributed by atoms with Crippen LogP contribution in [0.2, 0.25) is 0 Å². The van der Waals surface area contributed by atoms with Crippen LogP contribution >= 0.6 is 0 Å². The summed E-state index contributed by atoms with van der Waals surface area (Å²) in [6, 6.07) is 9.11. The lowest BCUT2D eigenvalue weighted by Crippen LogP contribution is -2.36. The molecule has 0 radical (unpaired) electrons. The summed E-state index contributed by atoms with van der Waals surface area (Å²) in [6.07, 6.45) is 6.66. The first-order valence-electron chi connectivity index (χ1n) is 7.76. The minimum atomic E-state index is -0.0534. The fraction of sp³-hybridized carbons (Fsp3) is 0.647. The van der Waals surface area contributed by atoms with E-state index in [1.54, 1.807) is 0 Å². The van der Waals surface area contributed by atoms with E-state index in [1.807, 2.05) is 0 Å². The molecule has 0 aliphatic carbocycles. The number of hydrogen-bond donors (Lipinski definition) is 1. The first kappa shape index (κ1) is 14.5. The molecule has 1 N–H and O–H groups in total. The highest BCUT2D eigenvalue weighted by molar-refractivity contribution is 5.22. The molecule has 1 aromatic rings. The van der Waals surface area contributed by atoms with Gasteiger partial charge in [0.1, 0.15) is 0 Å². The molecular formula is C17H27NO. The molecule has 1 fully saturated rings. The van der Waals surface area contributed by atoms with E-state index in [2.05, 4.69) is 36.1 Å². The van der Waals surface area contributed by atoms with E-state index in [-0.39, 0.29) is 6.10 Å². The zero-order valence-electron chi connectivity index (χ0n) is 12.1. The molecule has 0 atom stereocenters. The molecule has 1 aliphatic rings. The smallest absolute Gasteiger partial charge is 0.0564 e.